The van der Waals surface area contributed by atoms with E-state index in [-0.39, 0.29) is 0 Å². The first-order chi connectivity index (χ1) is 7.77. The Labute approximate surface area is 109 Å². The smallest absolute Gasteiger partial charge is 0.143 e. The second-order valence-corrected chi connectivity index (χ2v) is 5.29. The Hall–Kier alpha value is -0.910. The third-order valence-corrected chi connectivity index (χ3v) is 4.42. The van der Waals surface area contributed by atoms with Crippen molar-refractivity contribution in [1.82, 2.24) is 15.0 Å². The van der Waals surface area contributed by atoms with Crippen molar-refractivity contribution in [3.63, 3.8) is 0 Å². The Morgan fingerprint density at radius 3 is 3.00 bits per heavy atom. The predicted octanol–water partition coefficient (Wildman–Crippen LogP) is 4.10. The summed E-state index contributed by atoms with van der Waals surface area (Å²) in [5.41, 5.74) is 1.64. The van der Waals surface area contributed by atoms with Gasteiger partial charge in [-0.2, -0.15) is 0 Å². The van der Waals surface area contributed by atoms with Crippen LogP contribution in [0.4, 0.5) is 0 Å². The Kier molecular flexibility index (Phi) is 2.46. The first-order valence-corrected chi connectivity index (χ1v) is 6.54. The normalized spacial score (nSPS) is 11.1. The SMILES string of the molecule is Clc1[nH]c2ncnc(-c3cccs3)c2c1Br. The monoisotopic (exact) mass is 313 g/mol. The zero-order valence-electron chi connectivity index (χ0n) is 7.87. The van der Waals surface area contributed by atoms with Crippen LogP contribution in [0.3, 0.4) is 0 Å². The largest absolute Gasteiger partial charge is 0.329 e. The highest BCUT2D eigenvalue weighted by Gasteiger charge is 2.15. The first-order valence-electron chi connectivity index (χ1n) is 4.49. The van der Waals surface area contributed by atoms with Gasteiger partial charge in [-0.05, 0) is 27.4 Å². The maximum atomic E-state index is 6.02. The van der Waals surface area contributed by atoms with E-state index in [1.165, 1.54) is 6.33 Å². The molecule has 0 saturated heterocycles. The van der Waals surface area contributed by atoms with E-state index in [9.17, 15) is 0 Å². The molecule has 0 unspecified atom stereocenters. The van der Waals surface area contributed by atoms with Crippen molar-refractivity contribution in [2.45, 2.75) is 0 Å². The molecule has 0 fully saturated rings. The van der Waals surface area contributed by atoms with Gasteiger partial charge in [0.05, 0.1) is 20.4 Å². The quantitative estimate of drug-likeness (QED) is 0.734. The van der Waals surface area contributed by atoms with Gasteiger partial charge in [-0.1, -0.05) is 17.7 Å². The molecule has 80 valence electrons. The summed E-state index contributed by atoms with van der Waals surface area (Å²) in [6.45, 7) is 0. The molecule has 3 rings (SSSR count). The summed E-state index contributed by atoms with van der Waals surface area (Å²) in [4.78, 5) is 12.6. The molecule has 0 atom stereocenters. The zero-order chi connectivity index (χ0) is 11.1. The third kappa shape index (κ3) is 1.47. The highest BCUT2D eigenvalue weighted by Crippen LogP contribution is 2.37. The lowest BCUT2D eigenvalue weighted by atomic mass is 10.2. The topological polar surface area (TPSA) is 41.6 Å². The predicted molar refractivity (Wildman–Crippen MR) is 69.9 cm³/mol. The number of aromatic nitrogens is 3. The van der Waals surface area contributed by atoms with Gasteiger partial charge in [0.25, 0.3) is 0 Å². The number of hydrogen-bond donors (Lipinski definition) is 1. The Bertz CT molecular complexity index is 647. The van der Waals surface area contributed by atoms with E-state index in [1.54, 1.807) is 11.3 Å². The van der Waals surface area contributed by atoms with E-state index in [1.807, 2.05) is 17.5 Å². The fourth-order valence-corrected chi connectivity index (χ4v) is 2.94. The van der Waals surface area contributed by atoms with Crippen molar-refractivity contribution in [2.75, 3.05) is 0 Å². The maximum absolute atomic E-state index is 6.02. The van der Waals surface area contributed by atoms with E-state index >= 15 is 0 Å². The molecule has 0 radical (unpaired) electrons. The van der Waals surface area contributed by atoms with Gasteiger partial charge in [0, 0.05) is 0 Å². The minimum Gasteiger partial charge on any atom is -0.329 e. The molecule has 0 spiro atoms. The number of nitrogens with zero attached hydrogens (tertiary/aromatic N) is 2. The molecule has 3 heterocycles. The number of H-pyrrole nitrogens is 1. The van der Waals surface area contributed by atoms with Gasteiger partial charge >= 0.3 is 0 Å². The van der Waals surface area contributed by atoms with Gasteiger partial charge < -0.3 is 4.98 Å². The number of aromatic amines is 1. The van der Waals surface area contributed by atoms with Crippen LogP contribution in [0.15, 0.2) is 28.3 Å². The van der Waals surface area contributed by atoms with E-state index in [2.05, 4.69) is 30.9 Å². The highest BCUT2D eigenvalue weighted by atomic mass is 79.9. The molecule has 0 aliphatic rings. The van der Waals surface area contributed by atoms with Crippen LogP contribution in [0.1, 0.15) is 0 Å². The molecule has 6 heteroatoms. The Morgan fingerprint density at radius 1 is 1.38 bits per heavy atom. The number of rotatable bonds is 1. The number of thiophene rings is 1. The lowest BCUT2D eigenvalue weighted by molar-refractivity contribution is 1.21. The van der Waals surface area contributed by atoms with Gasteiger partial charge in [-0.15, -0.1) is 11.3 Å². The Morgan fingerprint density at radius 2 is 2.25 bits per heavy atom. The minimum absolute atomic E-state index is 0.549. The number of fused-ring (bicyclic) bond motifs is 1. The first kappa shape index (κ1) is 10.3. The molecular weight excluding hydrogens is 310 g/mol. The van der Waals surface area contributed by atoms with Crippen LogP contribution in [0.5, 0.6) is 0 Å². The maximum Gasteiger partial charge on any atom is 0.143 e. The summed E-state index contributed by atoms with van der Waals surface area (Å²) < 4.78 is 0.813. The van der Waals surface area contributed by atoms with Crippen molar-refractivity contribution in [1.29, 1.82) is 0 Å². The molecule has 1 N–H and O–H groups in total. The van der Waals surface area contributed by atoms with E-state index < -0.39 is 0 Å². The van der Waals surface area contributed by atoms with Crippen LogP contribution in [0.2, 0.25) is 5.15 Å². The van der Waals surface area contributed by atoms with Crippen LogP contribution in [-0.4, -0.2) is 15.0 Å². The molecule has 0 amide bonds. The Balaban J connectivity index is 2.41. The highest BCUT2D eigenvalue weighted by molar-refractivity contribution is 9.10. The molecule has 16 heavy (non-hydrogen) atoms. The molecule has 0 saturated carbocycles. The summed E-state index contributed by atoms with van der Waals surface area (Å²) in [6.07, 6.45) is 1.54. The van der Waals surface area contributed by atoms with Gasteiger partial charge in [0.15, 0.2) is 0 Å². The van der Waals surface area contributed by atoms with Crippen LogP contribution in [-0.2, 0) is 0 Å². The zero-order valence-corrected chi connectivity index (χ0v) is 11.0. The average Bonchev–Trinajstić information content (AvgIpc) is 2.88. The molecular formula is C10H5BrClN3S. The van der Waals surface area contributed by atoms with Crippen molar-refractivity contribution < 1.29 is 0 Å². The van der Waals surface area contributed by atoms with Crippen molar-refractivity contribution in [3.05, 3.63) is 33.5 Å². The minimum atomic E-state index is 0.549. The van der Waals surface area contributed by atoms with Gasteiger partial charge in [0.2, 0.25) is 0 Å². The summed E-state index contributed by atoms with van der Waals surface area (Å²) in [5, 5.41) is 3.49. The third-order valence-electron chi connectivity index (χ3n) is 2.24. The van der Waals surface area contributed by atoms with E-state index in [0.29, 0.717) is 5.15 Å². The molecule has 3 nitrogen and oxygen atoms in total. The van der Waals surface area contributed by atoms with Gasteiger partial charge in [0.1, 0.15) is 17.1 Å². The summed E-state index contributed by atoms with van der Waals surface area (Å²) in [7, 11) is 0. The lowest BCUT2D eigenvalue weighted by Gasteiger charge is -1.98. The average molecular weight is 315 g/mol. The number of halogens is 2. The lowest BCUT2D eigenvalue weighted by Crippen LogP contribution is -1.84. The van der Waals surface area contributed by atoms with Gasteiger partial charge in [-0.3, -0.25) is 0 Å². The number of nitrogens with one attached hydrogen (secondary N) is 1. The fourth-order valence-electron chi connectivity index (χ4n) is 1.56. The van der Waals surface area contributed by atoms with Crippen molar-refractivity contribution in [2.24, 2.45) is 0 Å². The fraction of sp³-hybridized carbons (Fsp3) is 0. The standard InChI is InChI=1S/C10H5BrClN3S/c11-7-6-8(5-2-1-3-16-5)13-4-14-10(6)15-9(7)12/h1-4H,(H,13,14,15). The molecule has 3 aromatic heterocycles. The van der Waals surface area contributed by atoms with E-state index in [0.717, 1.165) is 26.1 Å². The van der Waals surface area contributed by atoms with Crippen molar-refractivity contribution >= 4 is 49.9 Å². The van der Waals surface area contributed by atoms with Crippen LogP contribution in [0.25, 0.3) is 21.6 Å². The summed E-state index contributed by atoms with van der Waals surface area (Å²) >= 11 is 11.1. The number of hydrogen-bond acceptors (Lipinski definition) is 3. The second-order valence-electron chi connectivity index (χ2n) is 3.18. The van der Waals surface area contributed by atoms with Crippen molar-refractivity contribution in [3.8, 4) is 10.6 Å². The molecule has 0 aromatic carbocycles. The van der Waals surface area contributed by atoms with Gasteiger partial charge in [-0.25, -0.2) is 9.97 Å². The van der Waals surface area contributed by atoms with Crippen LogP contribution in [0, 0.1) is 0 Å². The molecule has 3 aromatic rings. The summed E-state index contributed by atoms with van der Waals surface area (Å²) in [6, 6.07) is 4.02. The molecule has 0 aliphatic heterocycles. The van der Waals surface area contributed by atoms with E-state index in [4.69, 9.17) is 11.6 Å². The van der Waals surface area contributed by atoms with Crippen LogP contribution < -0.4 is 0 Å². The summed E-state index contributed by atoms with van der Waals surface area (Å²) in [5.74, 6) is 0. The molecule has 0 bridgehead atoms. The molecule has 0 aliphatic carbocycles. The second kappa shape index (κ2) is 3.84. The van der Waals surface area contributed by atoms with Crippen LogP contribution >= 0.6 is 38.9 Å².